The first-order valence-corrected chi connectivity index (χ1v) is 10.3. The van der Waals surface area contributed by atoms with Crippen molar-refractivity contribution in [3.63, 3.8) is 0 Å². The molecule has 148 valence electrons. The predicted molar refractivity (Wildman–Crippen MR) is 110 cm³/mol. The second-order valence-electron chi connectivity index (χ2n) is 8.23. The van der Waals surface area contributed by atoms with Gasteiger partial charge in [-0.1, -0.05) is 6.07 Å². The third-order valence-corrected chi connectivity index (χ3v) is 6.16. The summed E-state index contributed by atoms with van der Waals surface area (Å²) in [5.74, 6) is 1.28. The van der Waals surface area contributed by atoms with Crippen molar-refractivity contribution in [3.8, 4) is 0 Å². The summed E-state index contributed by atoms with van der Waals surface area (Å²) >= 11 is 0. The Morgan fingerprint density at radius 2 is 1.89 bits per heavy atom. The number of pyridine rings is 1. The van der Waals surface area contributed by atoms with Crippen LogP contribution in [-0.4, -0.2) is 68.7 Å². The Balaban J connectivity index is 1.40. The highest BCUT2D eigenvalue weighted by atomic mass is 15.3. The predicted octanol–water partition coefficient (Wildman–Crippen LogP) is 2.16. The van der Waals surface area contributed by atoms with E-state index in [0.29, 0.717) is 6.04 Å². The van der Waals surface area contributed by atoms with E-state index in [4.69, 9.17) is 4.98 Å². The normalized spacial score (nSPS) is 21.8. The van der Waals surface area contributed by atoms with Gasteiger partial charge in [0.25, 0.3) is 0 Å². The zero-order chi connectivity index (χ0) is 19.1. The van der Waals surface area contributed by atoms with Gasteiger partial charge in [0.1, 0.15) is 11.5 Å². The average Bonchev–Trinajstić information content (AvgIpc) is 3.43. The van der Waals surface area contributed by atoms with Crippen LogP contribution in [0.25, 0.3) is 5.65 Å². The maximum absolute atomic E-state index is 5.02. The first-order chi connectivity index (χ1) is 13.7. The van der Waals surface area contributed by atoms with E-state index in [1.807, 2.05) is 17.9 Å². The Morgan fingerprint density at radius 3 is 2.68 bits per heavy atom. The number of anilines is 1. The second-order valence-corrected chi connectivity index (χ2v) is 8.23. The molecule has 0 spiro atoms. The monoisotopic (exact) mass is 379 g/mol. The van der Waals surface area contributed by atoms with Gasteiger partial charge in [-0.15, -0.1) is 0 Å². The van der Waals surface area contributed by atoms with E-state index in [1.165, 1.54) is 29.9 Å². The number of hydrogen-bond acceptors (Lipinski definition) is 5. The van der Waals surface area contributed by atoms with E-state index in [2.05, 4.69) is 61.8 Å². The molecule has 2 saturated heterocycles. The molecule has 0 amide bonds. The van der Waals surface area contributed by atoms with Crippen LogP contribution in [0.3, 0.4) is 0 Å². The Labute approximate surface area is 166 Å². The first kappa shape index (κ1) is 17.7. The Morgan fingerprint density at radius 1 is 1.04 bits per heavy atom. The molecule has 0 bridgehead atoms. The van der Waals surface area contributed by atoms with Crippen molar-refractivity contribution in [2.45, 2.75) is 25.4 Å². The molecular formula is C21H29N7. The molecule has 7 nitrogen and oxygen atoms in total. The number of nitrogens with zero attached hydrogens (tertiary/aromatic N) is 7. The zero-order valence-corrected chi connectivity index (χ0v) is 16.8. The summed E-state index contributed by atoms with van der Waals surface area (Å²) < 4.78 is 4.17. The van der Waals surface area contributed by atoms with Crippen LogP contribution in [0, 0.1) is 0 Å². The topological polar surface area (TPSA) is 44.8 Å². The van der Waals surface area contributed by atoms with E-state index in [0.717, 1.165) is 44.9 Å². The number of imidazole rings is 1. The van der Waals surface area contributed by atoms with Crippen LogP contribution >= 0.6 is 0 Å². The molecule has 5 heterocycles. The quantitative estimate of drug-likeness (QED) is 0.695. The summed E-state index contributed by atoms with van der Waals surface area (Å²) in [6, 6.07) is 6.80. The highest BCUT2D eigenvalue weighted by Crippen LogP contribution is 2.28. The SMILES string of the molecule is CN1CCN(Cc2cnn(C)c2)C[C@H]1c1cn2c(N3CCCC3)cccc2n1. The lowest BCUT2D eigenvalue weighted by atomic mass is 10.1. The van der Waals surface area contributed by atoms with Crippen molar-refractivity contribution in [1.29, 1.82) is 0 Å². The smallest absolute Gasteiger partial charge is 0.138 e. The van der Waals surface area contributed by atoms with Crippen LogP contribution in [0.1, 0.15) is 30.1 Å². The number of rotatable bonds is 4. The second kappa shape index (κ2) is 7.22. The van der Waals surface area contributed by atoms with Gasteiger partial charge in [0.15, 0.2) is 0 Å². The maximum Gasteiger partial charge on any atom is 0.138 e. The van der Waals surface area contributed by atoms with Gasteiger partial charge < -0.3 is 4.90 Å². The summed E-state index contributed by atoms with van der Waals surface area (Å²) in [6.07, 6.45) is 8.91. The summed E-state index contributed by atoms with van der Waals surface area (Å²) in [5.41, 5.74) is 3.50. The number of likely N-dealkylation sites (N-methyl/N-ethyl adjacent to an activating group) is 1. The Bertz CT molecular complexity index is 953. The molecule has 0 aromatic carbocycles. The van der Waals surface area contributed by atoms with Crippen LogP contribution in [0.4, 0.5) is 5.82 Å². The molecule has 5 rings (SSSR count). The van der Waals surface area contributed by atoms with Crippen molar-refractivity contribution in [3.05, 3.63) is 48.0 Å². The highest BCUT2D eigenvalue weighted by molar-refractivity contribution is 5.53. The van der Waals surface area contributed by atoms with Crippen molar-refractivity contribution < 1.29 is 0 Å². The molecule has 2 aliphatic heterocycles. The van der Waals surface area contributed by atoms with Crippen LogP contribution < -0.4 is 4.90 Å². The summed E-state index contributed by atoms with van der Waals surface area (Å²) in [4.78, 5) is 12.5. The third kappa shape index (κ3) is 3.29. The van der Waals surface area contributed by atoms with Gasteiger partial charge in [0.2, 0.25) is 0 Å². The molecule has 2 fully saturated rings. The van der Waals surface area contributed by atoms with Crippen LogP contribution in [-0.2, 0) is 13.6 Å². The van der Waals surface area contributed by atoms with Crippen molar-refractivity contribution in [2.75, 3.05) is 44.7 Å². The molecule has 0 radical (unpaired) electrons. The largest absolute Gasteiger partial charge is 0.358 e. The zero-order valence-electron chi connectivity index (χ0n) is 16.8. The van der Waals surface area contributed by atoms with Crippen molar-refractivity contribution in [2.24, 2.45) is 7.05 Å². The van der Waals surface area contributed by atoms with Gasteiger partial charge in [-0.2, -0.15) is 5.10 Å². The average molecular weight is 380 g/mol. The lowest BCUT2D eigenvalue weighted by Crippen LogP contribution is -2.46. The number of hydrogen-bond donors (Lipinski definition) is 0. The van der Waals surface area contributed by atoms with Crippen molar-refractivity contribution in [1.82, 2.24) is 29.0 Å². The lowest BCUT2D eigenvalue weighted by Gasteiger charge is -2.38. The molecule has 28 heavy (non-hydrogen) atoms. The fourth-order valence-corrected chi connectivity index (χ4v) is 4.58. The minimum absolute atomic E-state index is 0.316. The standard InChI is InChI=1S/C21H29N7/c1-24-10-11-26(14-17-12-22-25(2)13-17)16-19(24)18-15-28-20(23-18)6-5-7-21(28)27-8-3-4-9-27/h5-7,12-13,15,19H,3-4,8-11,14,16H2,1-2H3/t19-/m0/s1. The molecule has 2 aliphatic rings. The van der Waals surface area contributed by atoms with Crippen LogP contribution in [0.5, 0.6) is 0 Å². The molecular weight excluding hydrogens is 350 g/mol. The molecule has 1 atom stereocenters. The van der Waals surface area contributed by atoms with Gasteiger partial charge >= 0.3 is 0 Å². The number of aryl methyl sites for hydroxylation is 1. The molecule has 0 aliphatic carbocycles. The van der Waals surface area contributed by atoms with E-state index >= 15 is 0 Å². The number of piperazine rings is 1. The van der Waals surface area contributed by atoms with Crippen LogP contribution in [0.15, 0.2) is 36.8 Å². The van der Waals surface area contributed by atoms with E-state index < -0.39 is 0 Å². The van der Waals surface area contributed by atoms with Gasteiger partial charge in [-0.05, 0) is 32.0 Å². The van der Waals surface area contributed by atoms with Gasteiger partial charge in [0, 0.05) is 64.3 Å². The Kier molecular flexibility index (Phi) is 4.56. The number of fused-ring (bicyclic) bond motifs is 1. The van der Waals surface area contributed by atoms with E-state index in [1.54, 1.807) is 0 Å². The lowest BCUT2D eigenvalue weighted by molar-refractivity contribution is 0.0885. The van der Waals surface area contributed by atoms with Crippen LogP contribution in [0.2, 0.25) is 0 Å². The fraction of sp³-hybridized carbons (Fsp3) is 0.524. The first-order valence-electron chi connectivity index (χ1n) is 10.3. The summed E-state index contributed by atoms with van der Waals surface area (Å²) in [6.45, 7) is 6.37. The number of aromatic nitrogens is 4. The van der Waals surface area contributed by atoms with E-state index in [9.17, 15) is 0 Å². The summed E-state index contributed by atoms with van der Waals surface area (Å²) in [5, 5.41) is 4.31. The maximum atomic E-state index is 5.02. The molecule has 7 heteroatoms. The van der Waals surface area contributed by atoms with E-state index in [-0.39, 0.29) is 0 Å². The molecule has 0 N–H and O–H groups in total. The van der Waals surface area contributed by atoms with Crippen molar-refractivity contribution >= 4 is 11.5 Å². The van der Waals surface area contributed by atoms with Gasteiger partial charge in [-0.25, -0.2) is 4.98 Å². The van der Waals surface area contributed by atoms with Gasteiger partial charge in [0.05, 0.1) is 17.9 Å². The minimum atomic E-state index is 0.316. The Hall–Kier alpha value is -2.38. The fourth-order valence-electron chi connectivity index (χ4n) is 4.58. The minimum Gasteiger partial charge on any atom is -0.358 e. The summed E-state index contributed by atoms with van der Waals surface area (Å²) in [7, 11) is 4.20. The molecule has 0 unspecified atom stereocenters. The molecule has 3 aromatic rings. The highest BCUT2D eigenvalue weighted by Gasteiger charge is 2.28. The van der Waals surface area contributed by atoms with Gasteiger partial charge in [-0.3, -0.25) is 18.9 Å². The molecule has 0 saturated carbocycles. The molecule has 3 aromatic heterocycles. The third-order valence-electron chi connectivity index (χ3n) is 6.16.